The molecule has 8 atom stereocenters. The number of carbonyl (C=O) groups excluding carboxylic acids is 3. The van der Waals surface area contributed by atoms with E-state index < -0.39 is 24.3 Å². The van der Waals surface area contributed by atoms with E-state index in [0.717, 1.165) is 50.8 Å². The Morgan fingerprint density at radius 2 is 1.64 bits per heavy atom. The van der Waals surface area contributed by atoms with E-state index in [9.17, 15) is 19.5 Å². The van der Waals surface area contributed by atoms with Crippen LogP contribution in [0.25, 0.3) is 0 Å². The number of esters is 3. The summed E-state index contributed by atoms with van der Waals surface area (Å²) in [5.41, 5.74) is 0.681. The van der Waals surface area contributed by atoms with E-state index in [1.165, 1.54) is 21.0 Å². The second-order valence-electron chi connectivity index (χ2n) is 11.8. The molecule has 1 aromatic carbocycles. The monoisotopic (exact) mass is 543 g/mol. The Labute approximate surface area is 230 Å². The summed E-state index contributed by atoms with van der Waals surface area (Å²) in [6.45, 7) is 6.96. The lowest BCUT2D eigenvalue weighted by molar-refractivity contribution is -0.272. The number of piperidine rings is 2. The molecule has 1 N–H and O–H groups in total. The fourth-order valence-corrected chi connectivity index (χ4v) is 8.49. The van der Waals surface area contributed by atoms with Gasteiger partial charge in [0.05, 0.1) is 7.11 Å². The second-order valence-corrected chi connectivity index (χ2v) is 11.8. The minimum absolute atomic E-state index is 0.0376. The number of nitrogens with zero attached hydrogens (tertiary/aromatic N) is 1. The van der Waals surface area contributed by atoms with Crippen LogP contribution >= 0.6 is 0 Å². The number of hydrogen-bond donors (Lipinski definition) is 1. The van der Waals surface area contributed by atoms with Crippen molar-refractivity contribution in [2.75, 3.05) is 20.2 Å². The van der Waals surface area contributed by atoms with E-state index in [2.05, 4.69) is 11.8 Å². The predicted octanol–water partition coefficient (Wildman–Crippen LogP) is 3.64. The third kappa shape index (κ3) is 4.98. The Morgan fingerprint density at radius 1 is 0.974 bits per heavy atom. The third-order valence-electron chi connectivity index (χ3n) is 9.65. The average molecular weight is 544 g/mol. The van der Waals surface area contributed by atoms with Crippen molar-refractivity contribution in [3.63, 3.8) is 0 Å². The van der Waals surface area contributed by atoms with E-state index in [-0.39, 0.29) is 53.3 Å². The first kappa shape index (κ1) is 27.7. The summed E-state index contributed by atoms with van der Waals surface area (Å²) in [5, 5.41) is 9.89. The minimum atomic E-state index is -0.673. The van der Waals surface area contributed by atoms with Crippen LogP contribution in [0.5, 0.6) is 11.5 Å². The summed E-state index contributed by atoms with van der Waals surface area (Å²) in [6.07, 6.45) is 3.65. The molecule has 1 spiro atoms. The number of phenols is 1. The van der Waals surface area contributed by atoms with Crippen molar-refractivity contribution in [3.05, 3.63) is 23.8 Å². The Bertz CT molecular complexity index is 1100. The van der Waals surface area contributed by atoms with Crippen LogP contribution in [0.4, 0.5) is 0 Å². The van der Waals surface area contributed by atoms with Gasteiger partial charge < -0.3 is 24.1 Å². The Balaban J connectivity index is 1.46. The molecule has 4 aliphatic rings. The van der Waals surface area contributed by atoms with Crippen LogP contribution in [-0.4, -0.2) is 72.0 Å². The smallest absolute Gasteiger partial charge is 0.306 e. The molecule has 2 aliphatic carbocycles. The number of carbonyl (C=O) groups is 3. The number of aromatic hydroxyl groups is 1. The number of methoxy groups -OCH3 is 1. The standard InChI is InChI=1S/C30H41NO8/c1-17-16-30-21-7-5-13-31(30)14-6-8-22(30)28(29(38-19(3)33)26(21)27(17)37-18(2)32)39-25(35)12-10-20-9-11-23(34)24(15-20)36-4/h9,11,15,17,21-22,26-29,34H,5-8,10,12-14,16H2,1-4H3/t17-,21+,22+,26-,27+,28-,29-,30+/m0/s1. The molecule has 0 unspecified atom stereocenters. The molecule has 2 aliphatic heterocycles. The van der Waals surface area contributed by atoms with Crippen molar-refractivity contribution in [2.45, 2.75) is 89.6 Å². The van der Waals surface area contributed by atoms with Gasteiger partial charge in [0.25, 0.3) is 0 Å². The minimum Gasteiger partial charge on any atom is -0.504 e. The summed E-state index contributed by atoms with van der Waals surface area (Å²) in [7, 11) is 1.48. The van der Waals surface area contributed by atoms with Gasteiger partial charge in [-0.1, -0.05) is 13.0 Å². The van der Waals surface area contributed by atoms with Gasteiger partial charge in [0.15, 0.2) is 11.5 Å². The van der Waals surface area contributed by atoms with Gasteiger partial charge in [0.1, 0.15) is 18.3 Å². The third-order valence-corrected chi connectivity index (χ3v) is 9.65. The number of rotatable bonds is 7. The van der Waals surface area contributed by atoms with Crippen molar-refractivity contribution < 1.29 is 38.4 Å². The normalized spacial score (nSPS) is 35.3. The van der Waals surface area contributed by atoms with Crippen LogP contribution in [0.1, 0.15) is 64.9 Å². The molecule has 0 aromatic heterocycles. The zero-order chi connectivity index (χ0) is 27.9. The maximum atomic E-state index is 13.4. The van der Waals surface area contributed by atoms with Gasteiger partial charge in [-0.25, -0.2) is 0 Å². The summed E-state index contributed by atoms with van der Waals surface area (Å²) in [5.74, 6) is -0.645. The average Bonchev–Trinajstić information content (AvgIpc) is 2.88. The van der Waals surface area contributed by atoms with Crippen LogP contribution in [0.15, 0.2) is 18.2 Å². The number of phenolic OH excluding ortho intramolecular Hbond substituents is 1. The highest BCUT2D eigenvalue weighted by atomic mass is 16.6. The van der Waals surface area contributed by atoms with Crippen molar-refractivity contribution in [2.24, 2.45) is 23.7 Å². The first-order valence-corrected chi connectivity index (χ1v) is 14.3. The molecule has 2 heterocycles. The lowest BCUT2D eigenvalue weighted by Crippen LogP contribution is -2.78. The van der Waals surface area contributed by atoms with Crippen LogP contribution in [0.2, 0.25) is 0 Å². The molecule has 0 radical (unpaired) electrons. The summed E-state index contributed by atoms with van der Waals surface area (Å²) >= 11 is 0. The lowest BCUT2D eigenvalue weighted by Gasteiger charge is -2.69. The van der Waals surface area contributed by atoms with Crippen molar-refractivity contribution in [1.82, 2.24) is 4.90 Å². The molecule has 9 nitrogen and oxygen atoms in total. The van der Waals surface area contributed by atoms with Crippen LogP contribution in [-0.2, 0) is 35.0 Å². The Hall–Kier alpha value is -2.81. The molecule has 2 saturated carbocycles. The predicted molar refractivity (Wildman–Crippen MR) is 141 cm³/mol. The molecule has 9 heteroatoms. The summed E-state index contributed by atoms with van der Waals surface area (Å²) < 4.78 is 23.5. The SMILES string of the molecule is COc1cc(CCC(=O)O[C@@H]2[C@@H](OC(C)=O)[C@@H]3[C@H](OC(C)=O)[C@@H](C)C[C@@]45[C@@H]2CCCN4CCC[C@H]35)ccc1O. The lowest BCUT2D eigenvalue weighted by atomic mass is 9.46. The number of aryl methyl sites for hydroxylation is 1. The van der Waals surface area contributed by atoms with Crippen LogP contribution in [0.3, 0.4) is 0 Å². The molecular weight excluding hydrogens is 502 g/mol. The van der Waals surface area contributed by atoms with Crippen LogP contribution < -0.4 is 4.74 Å². The molecule has 214 valence electrons. The van der Waals surface area contributed by atoms with E-state index in [0.29, 0.717) is 12.2 Å². The number of ether oxygens (including phenoxy) is 4. The van der Waals surface area contributed by atoms with Gasteiger partial charge in [0, 0.05) is 37.6 Å². The van der Waals surface area contributed by atoms with Gasteiger partial charge in [0.2, 0.25) is 0 Å². The Kier molecular flexibility index (Phi) is 7.82. The maximum absolute atomic E-state index is 13.4. The second kappa shape index (κ2) is 11.0. The van der Waals surface area contributed by atoms with Gasteiger partial charge in [-0.15, -0.1) is 0 Å². The molecular formula is C30H41NO8. The van der Waals surface area contributed by atoms with E-state index in [1.54, 1.807) is 18.2 Å². The molecule has 1 aromatic rings. The molecule has 2 bridgehead atoms. The zero-order valence-corrected chi connectivity index (χ0v) is 23.4. The molecule has 4 fully saturated rings. The highest BCUT2D eigenvalue weighted by Crippen LogP contribution is 2.62. The largest absolute Gasteiger partial charge is 0.504 e. The molecule has 2 saturated heterocycles. The first-order valence-electron chi connectivity index (χ1n) is 14.3. The van der Waals surface area contributed by atoms with Crippen molar-refractivity contribution in [3.8, 4) is 11.5 Å². The van der Waals surface area contributed by atoms with Gasteiger partial charge in [-0.3, -0.25) is 19.3 Å². The van der Waals surface area contributed by atoms with Gasteiger partial charge in [-0.05, 0) is 81.1 Å². The molecule has 39 heavy (non-hydrogen) atoms. The fraction of sp³-hybridized carbons (Fsp3) is 0.700. The number of benzene rings is 1. The van der Waals surface area contributed by atoms with E-state index >= 15 is 0 Å². The molecule has 5 rings (SSSR count). The highest BCUT2D eigenvalue weighted by molar-refractivity contribution is 5.70. The zero-order valence-electron chi connectivity index (χ0n) is 23.4. The van der Waals surface area contributed by atoms with E-state index in [4.69, 9.17) is 18.9 Å². The van der Waals surface area contributed by atoms with Gasteiger partial charge >= 0.3 is 17.9 Å². The topological polar surface area (TPSA) is 112 Å². The quantitative estimate of drug-likeness (QED) is 0.407. The molecule has 0 amide bonds. The first-order chi connectivity index (χ1) is 18.6. The summed E-state index contributed by atoms with van der Waals surface area (Å²) in [6, 6.07) is 5.02. The van der Waals surface area contributed by atoms with Crippen molar-refractivity contribution in [1.29, 1.82) is 0 Å². The van der Waals surface area contributed by atoms with E-state index in [1.807, 2.05) is 0 Å². The van der Waals surface area contributed by atoms with Gasteiger partial charge in [-0.2, -0.15) is 0 Å². The fourth-order valence-electron chi connectivity index (χ4n) is 8.49. The van der Waals surface area contributed by atoms with Crippen molar-refractivity contribution >= 4 is 17.9 Å². The highest BCUT2D eigenvalue weighted by Gasteiger charge is 2.70. The van der Waals surface area contributed by atoms with Crippen LogP contribution in [0, 0.1) is 23.7 Å². The maximum Gasteiger partial charge on any atom is 0.306 e. The Morgan fingerprint density at radius 3 is 2.31 bits per heavy atom. The number of hydrogen-bond acceptors (Lipinski definition) is 9. The summed E-state index contributed by atoms with van der Waals surface area (Å²) in [4.78, 5) is 40.6.